The van der Waals surface area contributed by atoms with Gasteiger partial charge in [0.15, 0.2) is 17.3 Å². The molecule has 0 N–H and O–H groups in total. The number of hydrogen-bond acceptors (Lipinski definition) is 6. The molecule has 0 aromatic heterocycles. The lowest BCUT2D eigenvalue weighted by molar-refractivity contribution is -0.384. The standard InChI is InChI=1S/C28H19ClN2O5/c1-15(32)25-24(16-6-10-19(11-7-16)31(35)36)28(26(33)20-4-2-3-5-21(20)27(28)34)23-13-8-17-14-18(29)9-12-22(17)30(23)25/h2-14,23-25H,1H3/t23-,24+,25+/m0/s1. The molecule has 0 unspecified atom stereocenters. The molecule has 1 spiro atoms. The molecule has 1 fully saturated rings. The molecule has 2 aliphatic heterocycles. The summed E-state index contributed by atoms with van der Waals surface area (Å²) in [6, 6.07) is 16.2. The molecular formula is C28H19ClN2O5. The summed E-state index contributed by atoms with van der Waals surface area (Å²) in [7, 11) is 0. The Morgan fingerprint density at radius 3 is 2.22 bits per heavy atom. The first kappa shape index (κ1) is 22.4. The van der Waals surface area contributed by atoms with Crippen LogP contribution in [0.25, 0.3) is 6.08 Å². The van der Waals surface area contributed by atoms with Gasteiger partial charge in [0.05, 0.1) is 17.0 Å². The Labute approximate surface area is 211 Å². The Morgan fingerprint density at radius 1 is 1.00 bits per heavy atom. The third-order valence-corrected chi connectivity index (χ3v) is 7.88. The van der Waals surface area contributed by atoms with Crippen LogP contribution in [0, 0.1) is 15.5 Å². The van der Waals surface area contributed by atoms with Crippen LogP contribution in [0.5, 0.6) is 0 Å². The SMILES string of the molecule is CC(=O)[C@@H]1[C@@H](c2ccc([N+](=O)[O-])cc2)C2(C(=O)c3ccccc3C2=O)[C@@H]2C=Cc3cc(Cl)ccc3N12. The Balaban J connectivity index is 1.66. The van der Waals surface area contributed by atoms with Crippen LogP contribution in [0.1, 0.15) is 44.7 Å². The van der Waals surface area contributed by atoms with E-state index in [1.165, 1.54) is 19.1 Å². The summed E-state index contributed by atoms with van der Waals surface area (Å²) in [5.74, 6) is -1.76. The van der Waals surface area contributed by atoms with Crippen molar-refractivity contribution in [3.8, 4) is 0 Å². The van der Waals surface area contributed by atoms with E-state index >= 15 is 0 Å². The summed E-state index contributed by atoms with van der Waals surface area (Å²) in [5, 5.41) is 11.8. The van der Waals surface area contributed by atoms with Gasteiger partial charge in [0, 0.05) is 39.9 Å². The summed E-state index contributed by atoms with van der Waals surface area (Å²) < 4.78 is 0. The fourth-order valence-electron chi connectivity index (χ4n) is 6.28. The molecule has 178 valence electrons. The zero-order valence-electron chi connectivity index (χ0n) is 19.1. The van der Waals surface area contributed by atoms with Gasteiger partial charge in [-0.2, -0.15) is 0 Å². The van der Waals surface area contributed by atoms with Crippen LogP contribution >= 0.6 is 11.6 Å². The van der Waals surface area contributed by atoms with E-state index in [1.807, 2.05) is 17.1 Å². The highest BCUT2D eigenvalue weighted by atomic mass is 35.5. The maximum Gasteiger partial charge on any atom is 0.269 e. The van der Waals surface area contributed by atoms with Crippen molar-refractivity contribution in [2.24, 2.45) is 5.41 Å². The predicted octanol–water partition coefficient (Wildman–Crippen LogP) is 5.27. The number of hydrogen-bond donors (Lipinski definition) is 0. The zero-order chi connectivity index (χ0) is 25.4. The third kappa shape index (κ3) is 2.77. The molecule has 2 heterocycles. The molecule has 0 saturated carbocycles. The molecule has 3 aromatic carbocycles. The number of anilines is 1. The molecule has 1 aliphatic carbocycles. The number of halogens is 1. The minimum absolute atomic E-state index is 0.116. The fraction of sp³-hybridized carbons (Fsp3) is 0.179. The summed E-state index contributed by atoms with van der Waals surface area (Å²) in [5.41, 5.74) is 0.933. The van der Waals surface area contributed by atoms with Crippen LogP contribution in [0.3, 0.4) is 0 Å². The second-order valence-electron chi connectivity index (χ2n) is 9.37. The largest absolute Gasteiger partial charge is 0.352 e. The highest BCUT2D eigenvalue weighted by Crippen LogP contribution is 2.60. The number of carbonyl (C=O) groups is 3. The average molecular weight is 499 g/mol. The molecule has 3 atom stereocenters. The molecule has 0 radical (unpaired) electrons. The number of nitrogens with zero attached hydrogens (tertiary/aromatic N) is 2. The van der Waals surface area contributed by atoms with Gasteiger partial charge >= 0.3 is 0 Å². The topological polar surface area (TPSA) is 97.6 Å². The minimum Gasteiger partial charge on any atom is -0.352 e. The van der Waals surface area contributed by atoms with Gasteiger partial charge in [-0.1, -0.05) is 60.2 Å². The quantitative estimate of drug-likeness (QED) is 0.277. The Bertz CT molecular complexity index is 1490. The van der Waals surface area contributed by atoms with Crippen LogP contribution in [-0.4, -0.2) is 34.4 Å². The van der Waals surface area contributed by atoms with Crippen LogP contribution in [0.4, 0.5) is 11.4 Å². The number of ketones is 3. The van der Waals surface area contributed by atoms with Gasteiger partial charge in [-0.3, -0.25) is 24.5 Å². The molecule has 3 aliphatic rings. The van der Waals surface area contributed by atoms with Crippen LogP contribution in [-0.2, 0) is 4.79 Å². The molecule has 0 amide bonds. The number of carbonyl (C=O) groups excluding carboxylic acids is 3. The van der Waals surface area contributed by atoms with E-state index in [1.54, 1.807) is 54.6 Å². The molecule has 3 aromatic rings. The molecule has 8 heteroatoms. The summed E-state index contributed by atoms with van der Waals surface area (Å²) in [4.78, 5) is 54.5. The second kappa shape index (κ2) is 7.70. The Hall–Kier alpha value is -4.10. The van der Waals surface area contributed by atoms with Crippen LogP contribution < -0.4 is 4.90 Å². The van der Waals surface area contributed by atoms with Crippen LogP contribution in [0.15, 0.2) is 72.8 Å². The number of Topliss-reactive ketones (excluding diaryl/α,β-unsaturated/α-hetero) is 3. The minimum atomic E-state index is -1.61. The van der Waals surface area contributed by atoms with E-state index in [0.29, 0.717) is 27.4 Å². The number of benzene rings is 3. The lowest BCUT2D eigenvalue weighted by Gasteiger charge is -2.37. The first-order valence-corrected chi connectivity index (χ1v) is 11.8. The normalized spacial score (nSPS) is 22.9. The first-order chi connectivity index (χ1) is 17.3. The monoisotopic (exact) mass is 498 g/mol. The number of nitro groups is 1. The van der Waals surface area contributed by atoms with Crippen molar-refractivity contribution in [2.45, 2.75) is 24.9 Å². The molecule has 6 rings (SSSR count). The van der Waals surface area contributed by atoms with Crippen molar-refractivity contribution >= 4 is 46.4 Å². The average Bonchev–Trinajstić information content (AvgIpc) is 3.30. The smallest absolute Gasteiger partial charge is 0.269 e. The number of rotatable bonds is 3. The van der Waals surface area contributed by atoms with Gasteiger partial charge in [-0.25, -0.2) is 0 Å². The highest BCUT2D eigenvalue weighted by molar-refractivity contribution is 6.32. The molecule has 36 heavy (non-hydrogen) atoms. The van der Waals surface area contributed by atoms with E-state index in [2.05, 4.69) is 0 Å². The lowest BCUT2D eigenvalue weighted by Crippen LogP contribution is -2.48. The maximum absolute atomic E-state index is 14.3. The van der Waals surface area contributed by atoms with Crippen LogP contribution in [0.2, 0.25) is 5.02 Å². The molecular weight excluding hydrogens is 480 g/mol. The van der Waals surface area contributed by atoms with Crippen molar-refractivity contribution < 1.29 is 19.3 Å². The van der Waals surface area contributed by atoms with E-state index in [-0.39, 0.29) is 23.0 Å². The highest BCUT2D eigenvalue weighted by Gasteiger charge is 2.71. The van der Waals surface area contributed by atoms with Gasteiger partial charge in [-0.05, 0) is 36.2 Å². The van der Waals surface area contributed by atoms with E-state index in [4.69, 9.17) is 11.6 Å². The van der Waals surface area contributed by atoms with Crippen molar-refractivity contribution in [3.05, 3.63) is 110 Å². The molecule has 7 nitrogen and oxygen atoms in total. The maximum atomic E-state index is 14.3. The number of fused-ring (bicyclic) bond motifs is 5. The summed E-state index contributed by atoms with van der Waals surface area (Å²) in [6.07, 6.45) is 3.64. The van der Waals surface area contributed by atoms with Gasteiger partial charge in [0.25, 0.3) is 5.69 Å². The molecule has 1 saturated heterocycles. The fourth-order valence-corrected chi connectivity index (χ4v) is 6.46. The zero-order valence-corrected chi connectivity index (χ0v) is 19.8. The third-order valence-electron chi connectivity index (χ3n) is 7.65. The second-order valence-corrected chi connectivity index (χ2v) is 9.81. The van der Waals surface area contributed by atoms with Crippen molar-refractivity contribution in [3.63, 3.8) is 0 Å². The number of nitro benzene ring substituents is 1. The van der Waals surface area contributed by atoms with Gasteiger partial charge in [0.2, 0.25) is 0 Å². The summed E-state index contributed by atoms with van der Waals surface area (Å²) in [6.45, 7) is 1.45. The Morgan fingerprint density at radius 2 is 1.64 bits per heavy atom. The van der Waals surface area contributed by atoms with E-state index in [9.17, 15) is 24.5 Å². The lowest BCUT2D eigenvalue weighted by atomic mass is 9.64. The van der Waals surface area contributed by atoms with Crippen molar-refractivity contribution in [2.75, 3.05) is 4.90 Å². The van der Waals surface area contributed by atoms with Gasteiger partial charge in [0.1, 0.15) is 5.41 Å². The molecule has 0 bridgehead atoms. The van der Waals surface area contributed by atoms with Crippen molar-refractivity contribution in [1.82, 2.24) is 0 Å². The Kier molecular flexibility index (Phi) is 4.78. The van der Waals surface area contributed by atoms with E-state index < -0.39 is 28.3 Å². The summed E-state index contributed by atoms with van der Waals surface area (Å²) >= 11 is 6.23. The number of non-ortho nitro benzene ring substituents is 1. The first-order valence-electron chi connectivity index (χ1n) is 11.5. The van der Waals surface area contributed by atoms with Gasteiger partial charge in [-0.15, -0.1) is 0 Å². The predicted molar refractivity (Wildman–Crippen MR) is 135 cm³/mol. The van der Waals surface area contributed by atoms with Gasteiger partial charge < -0.3 is 4.90 Å². The van der Waals surface area contributed by atoms with Crippen molar-refractivity contribution in [1.29, 1.82) is 0 Å². The van der Waals surface area contributed by atoms with E-state index in [0.717, 1.165) is 5.56 Å².